The molecule has 0 amide bonds. The van der Waals surface area contributed by atoms with Gasteiger partial charge in [-0.2, -0.15) is 0 Å². The first-order valence-corrected chi connectivity index (χ1v) is 7.60. The molecule has 0 saturated carbocycles. The molecule has 2 unspecified atom stereocenters. The molecule has 0 heterocycles. The topological polar surface area (TPSA) is 35.2 Å². The van der Waals surface area contributed by atoms with Crippen molar-refractivity contribution in [2.24, 2.45) is 5.73 Å². The third kappa shape index (κ3) is 4.32. The molecule has 2 N–H and O–H groups in total. The van der Waals surface area contributed by atoms with Crippen molar-refractivity contribution in [3.8, 4) is 0 Å². The van der Waals surface area contributed by atoms with Crippen molar-refractivity contribution in [3.05, 3.63) is 69.2 Å². The van der Waals surface area contributed by atoms with E-state index in [0.717, 1.165) is 15.6 Å². The molecular formula is C16H17BrClNO. The van der Waals surface area contributed by atoms with Crippen molar-refractivity contribution in [2.75, 3.05) is 0 Å². The maximum atomic E-state index is 6.03. The largest absolute Gasteiger partial charge is 0.367 e. The Morgan fingerprint density at radius 1 is 1.10 bits per heavy atom. The van der Waals surface area contributed by atoms with Gasteiger partial charge in [0.15, 0.2) is 0 Å². The van der Waals surface area contributed by atoms with Gasteiger partial charge in [-0.05, 0) is 42.3 Å². The van der Waals surface area contributed by atoms with E-state index < -0.39 is 0 Å². The van der Waals surface area contributed by atoms with Crippen LogP contribution >= 0.6 is 27.5 Å². The molecule has 2 aromatic rings. The second-order valence-electron chi connectivity index (χ2n) is 4.77. The van der Waals surface area contributed by atoms with Gasteiger partial charge < -0.3 is 10.5 Å². The minimum absolute atomic E-state index is 0.0911. The van der Waals surface area contributed by atoms with Crippen molar-refractivity contribution in [1.29, 1.82) is 0 Å². The molecule has 0 bridgehead atoms. The van der Waals surface area contributed by atoms with Crippen LogP contribution in [0, 0.1) is 0 Å². The summed E-state index contributed by atoms with van der Waals surface area (Å²) in [5.41, 5.74) is 8.19. The highest BCUT2D eigenvalue weighted by Crippen LogP contribution is 2.24. The molecule has 0 aromatic heterocycles. The first-order valence-electron chi connectivity index (χ1n) is 6.43. The van der Waals surface area contributed by atoms with Gasteiger partial charge in [0.05, 0.1) is 12.7 Å². The minimum atomic E-state index is -0.143. The van der Waals surface area contributed by atoms with Crippen LogP contribution in [-0.2, 0) is 11.3 Å². The quantitative estimate of drug-likeness (QED) is 0.844. The Kier molecular flexibility index (Phi) is 5.61. The lowest BCUT2D eigenvalue weighted by atomic mass is 10.0. The Balaban J connectivity index is 2.06. The van der Waals surface area contributed by atoms with Crippen molar-refractivity contribution < 1.29 is 4.74 Å². The van der Waals surface area contributed by atoms with Crippen LogP contribution in [0.1, 0.15) is 24.2 Å². The molecular weight excluding hydrogens is 338 g/mol. The molecule has 4 heteroatoms. The molecule has 0 aliphatic carbocycles. The maximum Gasteiger partial charge on any atom is 0.0977 e. The van der Waals surface area contributed by atoms with Gasteiger partial charge >= 0.3 is 0 Å². The van der Waals surface area contributed by atoms with E-state index in [4.69, 9.17) is 22.1 Å². The number of ether oxygens (including phenoxy) is 1. The standard InChI is InChI=1S/C16H17BrClNO/c1-11(19)16(13-4-8-15(18)9-5-13)20-10-12-2-6-14(17)7-3-12/h2-9,11,16H,10,19H2,1H3. The summed E-state index contributed by atoms with van der Waals surface area (Å²) in [6.07, 6.45) is -0.143. The van der Waals surface area contributed by atoms with Gasteiger partial charge in [0.1, 0.15) is 0 Å². The van der Waals surface area contributed by atoms with E-state index in [1.54, 1.807) is 0 Å². The van der Waals surface area contributed by atoms with Gasteiger partial charge in [0, 0.05) is 15.5 Å². The predicted molar refractivity (Wildman–Crippen MR) is 86.8 cm³/mol. The van der Waals surface area contributed by atoms with E-state index in [9.17, 15) is 0 Å². The Morgan fingerprint density at radius 2 is 1.70 bits per heavy atom. The Hall–Kier alpha value is -0.870. The summed E-state index contributed by atoms with van der Waals surface area (Å²) in [6.45, 7) is 2.48. The summed E-state index contributed by atoms with van der Waals surface area (Å²) in [5, 5.41) is 0.713. The number of benzene rings is 2. The van der Waals surface area contributed by atoms with Gasteiger partial charge in [-0.1, -0.05) is 51.8 Å². The minimum Gasteiger partial charge on any atom is -0.367 e. The van der Waals surface area contributed by atoms with Crippen LogP contribution < -0.4 is 5.73 Å². The number of nitrogens with two attached hydrogens (primary N) is 1. The summed E-state index contributed by atoms with van der Waals surface area (Å²) in [6, 6.07) is 15.6. The second-order valence-corrected chi connectivity index (χ2v) is 6.12. The molecule has 2 nitrogen and oxygen atoms in total. The molecule has 106 valence electrons. The number of halogens is 2. The monoisotopic (exact) mass is 353 g/mol. The van der Waals surface area contributed by atoms with E-state index in [1.807, 2.05) is 55.5 Å². The van der Waals surface area contributed by atoms with Gasteiger partial charge in [-0.3, -0.25) is 0 Å². The van der Waals surface area contributed by atoms with Crippen LogP contribution in [-0.4, -0.2) is 6.04 Å². The molecule has 2 aromatic carbocycles. The van der Waals surface area contributed by atoms with Gasteiger partial charge in [0.2, 0.25) is 0 Å². The molecule has 20 heavy (non-hydrogen) atoms. The van der Waals surface area contributed by atoms with Crippen molar-refractivity contribution >= 4 is 27.5 Å². The van der Waals surface area contributed by atoms with Crippen molar-refractivity contribution in [2.45, 2.75) is 25.7 Å². The summed E-state index contributed by atoms with van der Waals surface area (Å²) < 4.78 is 7.03. The van der Waals surface area contributed by atoms with Crippen molar-refractivity contribution in [3.63, 3.8) is 0 Å². The summed E-state index contributed by atoms with van der Waals surface area (Å²) in [7, 11) is 0. The molecule has 2 atom stereocenters. The highest BCUT2D eigenvalue weighted by Gasteiger charge is 2.16. The van der Waals surface area contributed by atoms with Crippen LogP contribution in [0.5, 0.6) is 0 Å². The average molecular weight is 355 g/mol. The zero-order valence-corrected chi connectivity index (χ0v) is 13.6. The summed E-state index contributed by atoms with van der Waals surface area (Å²) >= 11 is 9.33. The molecule has 0 radical (unpaired) electrons. The highest BCUT2D eigenvalue weighted by atomic mass is 79.9. The summed E-state index contributed by atoms with van der Waals surface area (Å²) in [4.78, 5) is 0. The van der Waals surface area contributed by atoms with E-state index in [2.05, 4.69) is 15.9 Å². The van der Waals surface area contributed by atoms with E-state index in [1.165, 1.54) is 0 Å². The van der Waals surface area contributed by atoms with Gasteiger partial charge in [-0.25, -0.2) is 0 Å². The van der Waals surface area contributed by atoms with Crippen molar-refractivity contribution in [1.82, 2.24) is 0 Å². The lowest BCUT2D eigenvalue weighted by Crippen LogP contribution is -2.26. The number of hydrogen-bond donors (Lipinski definition) is 1. The van der Waals surface area contributed by atoms with Crippen LogP contribution in [0.4, 0.5) is 0 Å². The van der Waals surface area contributed by atoms with Crippen LogP contribution in [0.15, 0.2) is 53.0 Å². The zero-order chi connectivity index (χ0) is 14.5. The van der Waals surface area contributed by atoms with E-state index in [0.29, 0.717) is 11.6 Å². The van der Waals surface area contributed by atoms with Crippen LogP contribution in [0.2, 0.25) is 5.02 Å². The van der Waals surface area contributed by atoms with Gasteiger partial charge in [0.25, 0.3) is 0 Å². The van der Waals surface area contributed by atoms with E-state index in [-0.39, 0.29) is 12.1 Å². The Morgan fingerprint density at radius 3 is 2.25 bits per heavy atom. The van der Waals surface area contributed by atoms with Crippen LogP contribution in [0.25, 0.3) is 0 Å². The third-order valence-electron chi connectivity index (χ3n) is 3.02. The second kappa shape index (κ2) is 7.23. The van der Waals surface area contributed by atoms with Gasteiger partial charge in [-0.15, -0.1) is 0 Å². The SMILES string of the molecule is CC(N)C(OCc1ccc(Br)cc1)c1ccc(Cl)cc1. The fourth-order valence-electron chi connectivity index (χ4n) is 1.97. The normalized spacial score (nSPS) is 14.0. The fourth-order valence-corrected chi connectivity index (χ4v) is 2.36. The third-order valence-corrected chi connectivity index (χ3v) is 3.80. The number of hydrogen-bond acceptors (Lipinski definition) is 2. The predicted octanol–water partition coefficient (Wildman–Crippen LogP) is 4.71. The smallest absolute Gasteiger partial charge is 0.0977 e. The lowest BCUT2D eigenvalue weighted by Gasteiger charge is -2.22. The zero-order valence-electron chi connectivity index (χ0n) is 11.2. The average Bonchev–Trinajstić information content (AvgIpc) is 2.43. The molecule has 0 aliphatic rings. The highest BCUT2D eigenvalue weighted by molar-refractivity contribution is 9.10. The Labute approximate surface area is 133 Å². The first kappa shape index (κ1) is 15.5. The molecule has 0 fully saturated rings. The maximum absolute atomic E-state index is 6.03. The fraction of sp³-hybridized carbons (Fsp3) is 0.250. The molecule has 0 spiro atoms. The lowest BCUT2D eigenvalue weighted by molar-refractivity contribution is 0.0259. The molecule has 2 rings (SSSR count). The Bertz CT molecular complexity index is 539. The summed E-state index contributed by atoms with van der Waals surface area (Å²) in [5.74, 6) is 0. The molecule has 0 saturated heterocycles. The molecule has 0 aliphatic heterocycles. The van der Waals surface area contributed by atoms with E-state index >= 15 is 0 Å². The van der Waals surface area contributed by atoms with Crippen LogP contribution in [0.3, 0.4) is 0 Å². The number of rotatable bonds is 5. The first-order chi connectivity index (χ1) is 9.56.